The van der Waals surface area contributed by atoms with Gasteiger partial charge in [-0.1, -0.05) is 6.07 Å². The van der Waals surface area contributed by atoms with E-state index in [0.29, 0.717) is 36.1 Å². The highest BCUT2D eigenvalue weighted by atomic mass is 32.1. The fourth-order valence-corrected chi connectivity index (χ4v) is 4.62. The SMILES string of the molecule is Cc1sc(NC(=O)CN2CC[C@](C)(O)[C@@H](Oc3cccc(F)c3)C2)nc1-c1ccc(F)cc1. The molecule has 4 rings (SSSR count). The van der Waals surface area contributed by atoms with Crippen molar-refractivity contribution in [2.75, 3.05) is 25.0 Å². The molecule has 6 nitrogen and oxygen atoms in total. The van der Waals surface area contributed by atoms with Crippen LogP contribution in [-0.4, -0.2) is 52.2 Å². The van der Waals surface area contributed by atoms with E-state index < -0.39 is 17.5 Å². The van der Waals surface area contributed by atoms with E-state index in [1.165, 1.54) is 35.6 Å². The number of aryl methyl sites for hydroxylation is 1. The zero-order valence-electron chi connectivity index (χ0n) is 18.3. The molecule has 0 radical (unpaired) electrons. The molecular weight excluding hydrogens is 448 g/mol. The molecule has 1 fully saturated rings. The molecule has 2 N–H and O–H groups in total. The van der Waals surface area contributed by atoms with E-state index in [2.05, 4.69) is 10.3 Å². The number of anilines is 1. The maximum Gasteiger partial charge on any atom is 0.240 e. The zero-order chi connectivity index (χ0) is 23.6. The first-order valence-corrected chi connectivity index (χ1v) is 11.4. The summed E-state index contributed by atoms with van der Waals surface area (Å²) >= 11 is 1.35. The van der Waals surface area contributed by atoms with Crippen LogP contribution in [0.3, 0.4) is 0 Å². The van der Waals surface area contributed by atoms with E-state index in [0.717, 1.165) is 10.4 Å². The number of carbonyl (C=O) groups excluding carboxylic acids is 1. The normalized spacial score (nSPS) is 21.1. The molecule has 1 saturated heterocycles. The molecule has 2 atom stereocenters. The third kappa shape index (κ3) is 5.73. The number of amides is 1. The lowest BCUT2D eigenvalue weighted by molar-refractivity contribution is -0.122. The number of aromatic nitrogens is 1. The van der Waals surface area contributed by atoms with Crippen molar-refractivity contribution in [3.63, 3.8) is 0 Å². The number of carbonyl (C=O) groups is 1. The monoisotopic (exact) mass is 473 g/mol. The van der Waals surface area contributed by atoms with Crippen LogP contribution in [0.15, 0.2) is 48.5 Å². The third-order valence-corrected chi connectivity index (χ3v) is 6.54. The van der Waals surface area contributed by atoms with Crippen LogP contribution in [0.4, 0.5) is 13.9 Å². The first kappa shape index (κ1) is 23.3. The highest BCUT2D eigenvalue weighted by Gasteiger charge is 2.40. The fourth-order valence-electron chi connectivity index (χ4n) is 3.77. The molecule has 174 valence electrons. The Balaban J connectivity index is 1.38. The number of nitrogens with zero attached hydrogens (tertiary/aromatic N) is 2. The van der Waals surface area contributed by atoms with E-state index in [9.17, 15) is 18.7 Å². The maximum atomic E-state index is 13.5. The molecule has 0 aliphatic carbocycles. The van der Waals surface area contributed by atoms with Gasteiger partial charge in [0.25, 0.3) is 0 Å². The molecular formula is C24H25F2N3O3S. The summed E-state index contributed by atoms with van der Waals surface area (Å²) in [5.41, 5.74) is 0.379. The first-order chi connectivity index (χ1) is 15.7. The average Bonchev–Trinajstić information content (AvgIpc) is 3.11. The van der Waals surface area contributed by atoms with E-state index in [1.807, 2.05) is 11.8 Å². The van der Waals surface area contributed by atoms with Crippen molar-refractivity contribution in [2.24, 2.45) is 0 Å². The predicted octanol–water partition coefficient (Wildman–Crippen LogP) is 4.24. The van der Waals surface area contributed by atoms with Crippen molar-refractivity contribution in [1.82, 2.24) is 9.88 Å². The smallest absolute Gasteiger partial charge is 0.240 e. The number of nitrogens with one attached hydrogen (secondary N) is 1. The van der Waals surface area contributed by atoms with Crippen molar-refractivity contribution in [3.8, 4) is 17.0 Å². The van der Waals surface area contributed by atoms with Crippen molar-refractivity contribution in [1.29, 1.82) is 0 Å². The van der Waals surface area contributed by atoms with Gasteiger partial charge in [0, 0.05) is 29.6 Å². The minimum Gasteiger partial charge on any atom is -0.486 e. The standard InChI is InChI=1S/C24H25F2N3O3S/c1-15-22(16-6-8-17(25)9-7-16)28-23(33-15)27-21(30)14-29-11-10-24(2,31)20(13-29)32-19-5-3-4-18(26)12-19/h3-9,12,20,31H,10-11,13-14H2,1-2H3,(H,27,28,30)/t20-,24-/m0/s1. The zero-order valence-corrected chi connectivity index (χ0v) is 19.2. The number of aliphatic hydroxyl groups is 1. The number of rotatable bonds is 6. The largest absolute Gasteiger partial charge is 0.486 e. The maximum absolute atomic E-state index is 13.5. The molecule has 0 unspecified atom stereocenters. The lowest BCUT2D eigenvalue weighted by Gasteiger charge is -2.42. The van der Waals surface area contributed by atoms with Gasteiger partial charge < -0.3 is 15.2 Å². The van der Waals surface area contributed by atoms with Gasteiger partial charge in [0.15, 0.2) is 5.13 Å². The van der Waals surface area contributed by atoms with Crippen LogP contribution in [0.1, 0.15) is 18.2 Å². The summed E-state index contributed by atoms with van der Waals surface area (Å²) in [6, 6.07) is 11.8. The number of benzene rings is 2. The van der Waals surface area contributed by atoms with E-state index in [4.69, 9.17) is 4.74 Å². The molecule has 1 aliphatic rings. The number of likely N-dealkylation sites (tertiary alicyclic amines) is 1. The lowest BCUT2D eigenvalue weighted by atomic mass is 9.90. The van der Waals surface area contributed by atoms with Crippen LogP contribution in [0.5, 0.6) is 5.75 Å². The van der Waals surface area contributed by atoms with E-state index in [1.54, 1.807) is 31.2 Å². The Morgan fingerprint density at radius 2 is 2.03 bits per heavy atom. The van der Waals surface area contributed by atoms with Crippen molar-refractivity contribution in [3.05, 3.63) is 65.0 Å². The van der Waals surface area contributed by atoms with Crippen LogP contribution in [0.2, 0.25) is 0 Å². The summed E-state index contributed by atoms with van der Waals surface area (Å²) in [6.07, 6.45) is -0.209. The number of piperidine rings is 1. The van der Waals surface area contributed by atoms with Crippen LogP contribution >= 0.6 is 11.3 Å². The van der Waals surface area contributed by atoms with Crippen molar-refractivity contribution < 1.29 is 23.4 Å². The predicted molar refractivity (Wildman–Crippen MR) is 123 cm³/mol. The van der Waals surface area contributed by atoms with Gasteiger partial charge in [-0.05, 0) is 56.7 Å². The van der Waals surface area contributed by atoms with Crippen LogP contribution in [-0.2, 0) is 4.79 Å². The van der Waals surface area contributed by atoms with Gasteiger partial charge in [0.05, 0.1) is 12.2 Å². The van der Waals surface area contributed by atoms with Gasteiger partial charge in [0.1, 0.15) is 29.1 Å². The molecule has 2 aromatic carbocycles. The number of halogens is 2. The Morgan fingerprint density at radius 3 is 2.76 bits per heavy atom. The Hall–Kier alpha value is -2.88. The fraction of sp³-hybridized carbons (Fsp3) is 0.333. The van der Waals surface area contributed by atoms with Crippen molar-refractivity contribution >= 4 is 22.4 Å². The first-order valence-electron chi connectivity index (χ1n) is 10.6. The lowest BCUT2D eigenvalue weighted by Crippen LogP contribution is -2.57. The quantitative estimate of drug-likeness (QED) is 0.560. The van der Waals surface area contributed by atoms with Crippen LogP contribution in [0, 0.1) is 18.6 Å². The second kappa shape index (κ2) is 9.54. The Bertz CT molecular complexity index is 1130. The third-order valence-electron chi connectivity index (χ3n) is 5.65. The summed E-state index contributed by atoms with van der Waals surface area (Å²) in [6.45, 7) is 4.51. The van der Waals surface area contributed by atoms with E-state index >= 15 is 0 Å². The molecule has 3 aromatic rings. The highest BCUT2D eigenvalue weighted by molar-refractivity contribution is 7.16. The minimum absolute atomic E-state index is 0.101. The topological polar surface area (TPSA) is 74.7 Å². The van der Waals surface area contributed by atoms with Gasteiger partial charge in [-0.15, -0.1) is 11.3 Å². The minimum atomic E-state index is -1.10. The number of ether oxygens (including phenoxy) is 1. The molecule has 1 aliphatic heterocycles. The second-order valence-electron chi connectivity index (χ2n) is 8.39. The van der Waals surface area contributed by atoms with Crippen LogP contribution in [0.25, 0.3) is 11.3 Å². The molecule has 9 heteroatoms. The summed E-state index contributed by atoms with van der Waals surface area (Å²) in [4.78, 5) is 20.0. The van der Waals surface area contributed by atoms with Crippen molar-refractivity contribution in [2.45, 2.75) is 32.0 Å². The molecule has 0 bridgehead atoms. The molecule has 33 heavy (non-hydrogen) atoms. The Labute approximate surface area is 194 Å². The average molecular weight is 474 g/mol. The molecule has 2 heterocycles. The van der Waals surface area contributed by atoms with Gasteiger partial charge in [-0.3, -0.25) is 9.69 Å². The molecule has 1 amide bonds. The highest BCUT2D eigenvalue weighted by Crippen LogP contribution is 2.31. The number of hydrogen-bond acceptors (Lipinski definition) is 6. The molecule has 1 aromatic heterocycles. The van der Waals surface area contributed by atoms with Gasteiger partial charge in [0.2, 0.25) is 5.91 Å². The van der Waals surface area contributed by atoms with Crippen LogP contribution < -0.4 is 10.1 Å². The number of thiazole rings is 1. The number of hydrogen-bond donors (Lipinski definition) is 2. The molecule has 0 spiro atoms. The summed E-state index contributed by atoms with van der Waals surface area (Å²) in [7, 11) is 0. The molecule has 0 saturated carbocycles. The van der Waals surface area contributed by atoms with E-state index in [-0.39, 0.29) is 18.3 Å². The summed E-state index contributed by atoms with van der Waals surface area (Å²) in [5, 5.41) is 14.0. The van der Waals surface area contributed by atoms with Gasteiger partial charge >= 0.3 is 0 Å². The summed E-state index contributed by atoms with van der Waals surface area (Å²) in [5.74, 6) is -0.642. The Kier molecular flexibility index (Phi) is 6.73. The second-order valence-corrected chi connectivity index (χ2v) is 9.59. The van der Waals surface area contributed by atoms with Gasteiger partial charge in [-0.2, -0.15) is 0 Å². The van der Waals surface area contributed by atoms with Gasteiger partial charge in [-0.25, -0.2) is 13.8 Å². The summed E-state index contributed by atoms with van der Waals surface area (Å²) < 4.78 is 32.6. The Morgan fingerprint density at radius 1 is 1.27 bits per heavy atom.